The minimum atomic E-state index is 0.714. The number of anilines is 1. The highest BCUT2D eigenvalue weighted by Gasteiger charge is 2.08. The van der Waals surface area contributed by atoms with Crippen LogP contribution in [0.15, 0.2) is 35.1 Å². The zero-order valence-corrected chi connectivity index (χ0v) is 14.2. The van der Waals surface area contributed by atoms with E-state index in [9.17, 15) is 0 Å². The van der Waals surface area contributed by atoms with Gasteiger partial charge in [-0.05, 0) is 45.7 Å². The molecule has 6 nitrogen and oxygen atoms in total. The molecule has 0 aromatic carbocycles. The third-order valence-electron chi connectivity index (χ3n) is 3.88. The number of rotatable bonds is 6. The standard InChI is InChI=1S/C18H21N5O/c1-12-11-17(22-18(21-12)15-6-9-19-10-7-15)20-8-4-5-16-13(2)23-24-14(16)3/h6-7,9-11H,4-5,8H2,1-3H3,(H,20,21,22). The molecule has 124 valence electrons. The van der Waals surface area contributed by atoms with Crippen LogP contribution in [0.3, 0.4) is 0 Å². The van der Waals surface area contributed by atoms with Gasteiger partial charge in [-0.2, -0.15) is 0 Å². The van der Waals surface area contributed by atoms with Crippen LogP contribution >= 0.6 is 0 Å². The molecule has 0 saturated carbocycles. The van der Waals surface area contributed by atoms with Gasteiger partial charge in [0.1, 0.15) is 11.6 Å². The summed E-state index contributed by atoms with van der Waals surface area (Å²) in [6, 6.07) is 5.78. The maximum Gasteiger partial charge on any atom is 0.161 e. The lowest BCUT2D eigenvalue weighted by molar-refractivity contribution is 0.392. The second-order valence-corrected chi connectivity index (χ2v) is 5.79. The average Bonchev–Trinajstić information content (AvgIpc) is 2.90. The van der Waals surface area contributed by atoms with E-state index in [2.05, 4.69) is 25.4 Å². The maximum absolute atomic E-state index is 5.19. The van der Waals surface area contributed by atoms with E-state index in [0.29, 0.717) is 5.82 Å². The van der Waals surface area contributed by atoms with Gasteiger partial charge in [0.25, 0.3) is 0 Å². The molecular formula is C18H21N5O. The number of nitrogens with zero attached hydrogens (tertiary/aromatic N) is 4. The molecule has 6 heteroatoms. The molecule has 0 fully saturated rings. The number of nitrogens with one attached hydrogen (secondary N) is 1. The molecule has 0 bridgehead atoms. The summed E-state index contributed by atoms with van der Waals surface area (Å²) in [7, 11) is 0. The molecule has 3 aromatic heterocycles. The Balaban J connectivity index is 1.62. The summed E-state index contributed by atoms with van der Waals surface area (Å²) in [5.41, 5.74) is 4.08. The van der Waals surface area contributed by atoms with Gasteiger partial charge in [-0.1, -0.05) is 5.16 Å². The minimum absolute atomic E-state index is 0.714. The van der Waals surface area contributed by atoms with Crippen LogP contribution in [0.2, 0.25) is 0 Å². The lowest BCUT2D eigenvalue weighted by Crippen LogP contribution is -2.07. The van der Waals surface area contributed by atoms with Gasteiger partial charge in [-0.25, -0.2) is 9.97 Å². The van der Waals surface area contributed by atoms with E-state index in [0.717, 1.165) is 47.9 Å². The lowest BCUT2D eigenvalue weighted by Gasteiger charge is -2.08. The zero-order valence-electron chi connectivity index (χ0n) is 14.2. The predicted octanol–water partition coefficient (Wildman–Crippen LogP) is 3.50. The fraction of sp³-hybridized carbons (Fsp3) is 0.333. The normalized spacial score (nSPS) is 10.8. The molecule has 0 aliphatic rings. The van der Waals surface area contributed by atoms with Gasteiger partial charge in [-0.3, -0.25) is 4.98 Å². The van der Waals surface area contributed by atoms with Gasteiger partial charge in [0.05, 0.1) is 5.69 Å². The van der Waals surface area contributed by atoms with Gasteiger partial charge in [0.2, 0.25) is 0 Å². The van der Waals surface area contributed by atoms with Crippen molar-refractivity contribution >= 4 is 5.82 Å². The molecule has 0 aliphatic heterocycles. The summed E-state index contributed by atoms with van der Waals surface area (Å²) in [5.74, 6) is 2.46. The number of aryl methyl sites for hydroxylation is 3. The van der Waals surface area contributed by atoms with Gasteiger partial charge in [0.15, 0.2) is 5.82 Å². The van der Waals surface area contributed by atoms with E-state index < -0.39 is 0 Å². The minimum Gasteiger partial charge on any atom is -0.370 e. The maximum atomic E-state index is 5.19. The third-order valence-corrected chi connectivity index (χ3v) is 3.88. The molecule has 3 heterocycles. The van der Waals surface area contributed by atoms with Crippen molar-refractivity contribution in [2.75, 3.05) is 11.9 Å². The quantitative estimate of drug-likeness (QED) is 0.700. The monoisotopic (exact) mass is 323 g/mol. The van der Waals surface area contributed by atoms with E-state index in [1.54, 1.807) is 12.4 Å². The summed E-state index contributed by atoms with van der Waals surface area (Å²) in [4.78, 5) is 13.1. The molecule has 3 rings (SSSR count). The number of pyridine rings is 1. The number of hydrogen-bond donors (Lipinski definition) is 1. The van der Waals surface area contributed by atoms with Gasteiger partial charge in [0, 0.05) is 41.8 Å². The molecule has 0 unspecified atom stereocenters. The SMILES string of the molecule is Cc1cc(NCCCc2c(C)noc2C)nc(-c2ccncc2)n1. The van der Waals surface area contributed by atoms with Crippen LogP contribution in [0.1, 0.15) is 29.1 Å². The summed E-state index contributed by atoms with van der Waals surface area (Å²) in [6.07, 6.45) is 5.42. The Morgan fingerprint density at radius 3 is 2.58 bits per heavy atom. The van der Waals surface area contributed by atoms with E-state index in [1.165, 1.54) is 5.56 Å². The largest absolute Gasteiger partial charge is 0.370 e. The average molecular weight is 323 g/mol. The Hall–Kier alpha value is -2.76. The summed E-state index contributed by atoms with van der Waals surface area (Å²) >= 11 is 0. The van der Waals surface area contributed by atoms with Crippen LogP contribution in [-0.4, -0.2) is 26.7 Å². The number of aromatic nitrogens is 4. The van der Waals surface area contributed by atoms with Gasteiger partial charge in [-0.15, -0.1) is 0 Å². The first kappa shape index (κ1) is 16.1. The highest BCUT2D eigenvalue weighted by Crippen LogP contribution is 2.17. The van der Waals surface area contributed by atoms with Crippen molar-refractivity contribution in [3.05, 3.63) is 53.3 Å². The molecule has 0 atom stereocenters. The van der Waals surface area contributed by atoms with E-state index in [1.807, 2.05) is 39.0 Å². The van der Waals surface area contributed by atoms with Crippen molar-refractivity contribution in [3.8, 4) is 11.4 Å². The Labute approximate surface area is 141 Å². The third kappa shape index (κ3) is 3.76. The lowest BCUT2D eigenvalue weighted by atomic mass is 10.1. The first-order valence-corrected chi connectivity index (χ1v) is 8.05. The Morgan fingerprint density at radius 1 is 1.08 bits per heavy atom. The molecule has 0 amide bonds. The smallest absolute Gasteiger partial charge is 0.161 e. The number of hydrogen-bond acceptors (Lipinski definition) is 6. The topological polar surface area (TPSA) is 76.7 Å². The van der Waals surface area contributed by atoms with E-state index in [4.69, 9.17) is 4.52 Å². The molecule has 1 N–H and O–H groups in total. The Kier molecular flexibility index (Phi) is 4.84. The van der Waals surface area contributed by atoms with Crippen molar-refractivity contribution in [1.82, 2.24) is 20.1 Å². The van der Waals surface area contributed by atoms with Crippen molar-refractivity contribution in [2.24, 2.45) is 0 Å². The van der Waals surface area contributed by atoms with Crippen LogP contribution < -0.4 is 5.32 Å². The highest BCUT2D eigenvalue weighted by atomic mass is 16.5. The fourth-order valence-corrected chi connectivity index (χ4v) is 2.63. The van der Waals surface area contributed by atoms with Crippen molar-refractivity contribution in [3.63, 3.8) is 0 Å². The molecule has 0 radical (unpaired) electrons. The van der Waals surface area contributed by atoms with Crippen molar-refractivity contribution < 1.29 is 4.52 Å². The van der Waals surface area contributed by atoms with E-state index in [-0.39, 0.29) is 0 Å². The van der Waals surface area contributed by atoms with Crippen molar-refractivity contribution in [2.45, 2.75) is 33.6 Å². The Morgan fingerprint density at radius 2 is 1.88 bits per heavy atom. The summed E-state index contributed by atoms with van der Waals surface area (Å²) < 4.78 is 5.19. The van der Waals surface area contributed by atoms with Crippen molar-refractivity contribution in [1.29, 1.82) is 0 Å². The molecule has 0 aliphatic carbocycles. The molecule has 3 aromatic rings. The van der Waals surface area contributed by atoms with Crippen LogP contribution in [0, 0.1) is 20.8 Å². The second-order valence-electron chi connectivity index (χ2n) is 5.79. The molecule has 0 saturated heterocycles. The summed E-state index contributed by atoms with van der Waals surface area (Å²) in [6.45, 7) is 6.74. The van der Waals surface area contributed by atoms with Crippen LogP contribution in [0.4, 0.5) is 5.82 Å². The van der Waals surface area contributed by atoms with Crippen LogP contribution in [0.25, 0.3) is 11.4 Å². The predicted molar refractivity (Wildman–Crippen MR) is 92.8 cm³/mol. The van der Waals surface area contributed by atoms with Gasteiger partial charge < -0.3 is 9.84 Å². The molecular weight excluding hydrogens is 302 g/mol. The molecule has 24 heavy (non-hydrogen) atoms. The highest BCUT2D eigenvalue weighted by molar-refractivity contribution is 5.56. The van der Waals surface area contributed by atoms with Crippen LogP contribution in [-0.2, 0) is 6.42 Å². The summed E-state index contributed by atoms with van der Waals surface area (Å²) in [5, 5.41) is 7.37. The van der Waals surface area contributed by atoms with Gasteiger partial charge >= 0.3 is 0 Å². The van der Waals surface area contributed by atoms with Crippen LogP contribution in [0.5, 0.6) is 0 Å². The molecule has 0 spiro atoms. The second kappa shape index (κ2) is 7.21. The van der Waals surface area contributed by atoms with E-state index >= 15 is 0 Å². The first-order chi connectivity index (χ1) is 11.6. The fourth-order valence-electron chi connectivity index (χ4n) is 2.63. The zero-order chi connectivity index (χ0) is 16.9. The Bertz CT molecular complexity index is 794. The first-order valence-electron chi connectivity index (χ1n) is 8.05.